The summed E-state index contributed by atoms with van der Waals surface area (Å²) in [6.07, 6.45) is 5.86. The normalized spacial score (nSPS) is 8.78. The van der Waals surface area contributed by atoms with Crippen molar-refractivity contribution in [3.05, 3.63) is 34.9 Å². The summed E-state index contributed by atoms with van der Waals surface area (Å²) in [6.45, 7) is 8.01. The van der Waals surface area contributed by atoms with Crippen molar-refractivity contribution < 1.29 is 42.1 Å². The molecule has 0 aliphatic heterocycles. The van der Waals surface area contributed by atoms with E-state index < -0.39 is 0 Å². The van der Waals surface area contributed by atoms with Crippen LogP contribution in [0.2, 0.25) is 0 Å². The second-order valence-corrected chi connectivity index (χ2v) is 3.89. The van der Waals surface area contributed by atoms with Crippen molar-refractivity contribution in [1.29, 1.82) is 0 Å². The quantitative estimate of drug-likeness (QED) is 0.441. The molecule has 0 saturated carbocycles. The molecule has 0 amide bonds. The maximum atomic E-state index is 4.07. The predicted molar refractivity (Wildman–Crippen MR) is 63.0 cm³/mol. The average Bonchev–Trinajstić information content (AvgIpc) is 2.65. The summed E-state index contributed by atoms with van der Waals surface area (Å²) in [7, 11) is 3.79. The average molecular weight is 586 g/mol. The molecule has 0 fully saturated rings. The Hall–Kier alpha value is -0.203. The van der Waals surface area contributed by atoms with E-state index >= 15 is 0 Å². The zero-order valence-corrected chi connectivity index (χ0v) is 17.5. The fourth-order valence-electron chi connectivity index (χ4n) is 1.20. The van der Waals surface area contributed by atoms with Crippen molar-refractivity contribution in [2.24, 2.45) is 14.1 Å². The molecule has 0 spiro atoms. The monoisotopic (exact) mass is 586 g/mol. The molecule has 18 heavy (non-hydrogen) atoms. The summed E-state index contributed by atoms with van der Waals surface area (Å²) < 4.78 is 3.51. The van der Waals surface area contributed by atoms with Gasteiger partial charge in [0.25, 0.3) is 0 Å². The van der Waals surface area contributed by atoms with Gasteiger partial charge in [-0.25, -0.2) is 0 Å². The largest absolute Gasteiger partial charge is 0.379 e. The summed E-state index contributed by atoms with van der Waals surface area (Å²) in [5.74, 6) is 0. The van der Waals surface area contributed by atoms with Crippen molar-refractivity contribution in [2.75, 3.05) is 0 Å². The van der Waals surface area contributed by atoms with Crippen molar-refractivity contribution in [3.63, 3.8) is 0 Å². The Morgan fingerprint density at radius 2 is 1.50 bits per heavy atom. The molecule has 2 heterocycles. The maximum Gasteiger partial charge on any atom is 0.00897 e. The van der Waals surface area contributed by atoms with Crippen LogP contribution < -0.4 is 0 Å². The number of hydrogen-bond acceptors (Lipinski definition) is 2. The Morgan fingerprint density at radius 1 is 0.944 bits per heavy atom. The van der Waals surface area contributed by atoms with E-state index in [-0.39, 0.29) is 42.1 Å². The van der Waals surface area contributed by atoms with Gasteiger partial charge in [0.1, 0.15) is 0 Å². The van der Waals surface area contributed by atoms with E-state index in [2.05, 4.69) is 22.6 Å². The maximum absolute atomic E-state index is 4.07. The fourth-order valence-corrected chi connectivity index (χ4v) is 1.20. The molecule has 0 unspecified atom stereocenters. The molecular formula is C12H18N4W2-2. The van der Waals surface area contributed by atoms with Crippen LogP contribution in [0.3, 0.4) is 0 Å². The van der Waals surface area contributed by atoms with E-state index in [1.807, 2.05) is 46.5 Å². The number of aromatic nitrogens is 4. The minimum Gasteiger partial charge on any atom is -0.379 e. The Labute approximate surface area is 138 Å². The molecule has 0 saturated heterocycles. The van der Waals surface area contributed by atoms with Crippen molar-refractivity contribution in [2.45, 2.75) is 27.7 Å². The van der Waals surface area contributed by atoms with Gasteiger partial charge in [-0.1, -0.05) is 33.4 Å². The number of rotatable bonds is 0. The summed E-state index contributed by atoms with van der Waals surface area (Å²) >= 11 is 0. The smallest absolute Gasteiger partial charge is 0.00897 e. The summed E-state index contributed by atoms with van der Waals surface area (Å²) in [5, 5.41) is 7.98. The SMILES string of the molecule is Cc1[c-]n(C)nc1C.Cc1[c-]nn(C)c1C.[W].[W]. The van der Waals surface area contributed by atoms with Crippen LogP contribution in [-0.4, -0.2) is 19.6 Å². The molecule has 0 aliphatic rings. The Kier molecular flexibility index (Phi) is 9.86. The third-order valence-corrected chi connectivity index (χ3v) is 2.57. The standard InChI is InChI=1S/2C6H9N2.2W/c1-5-4-8(3)7-6(5)2;1-5-4-7-8(3)6(5)2;;/h2*1-3H3;;/q2*-1;;. The third-order valence-electron chi connectivity index (χ3n) is 2.57. The molecule has 2 aromatic rings. The zero-order valence-electron chi connectivity index (χ0n) is 11.6. The number of hydrogen-bond donors (Lipinski definition) is 0. The first-order valence-electron chi connectivity index (χ1n) is 5.19. The van der Waals surface area contributed by atoms with Crippen molar-refractivity contribution in [1.82, 2.24) is 19.6 Å². The molecule has 2 rings (SSSR count). The van der Waals surface area contributed by atoms with Gasteiger partial charge >= 0.3 is 0 Å². The van der Waals surface area contributed by atoms with Crippen LogP contribution in [0.5, 0.6) is 0 Å². The molecule has 6 heteroatoms. The fraction of sp³-hybridized carbons (Fsp3) is 0.500. The van der Waals surface area contributed by atoms with E-state index in [4.69, 9.17) is 0 Å². The van der Waals surface area contributed by atoms with Gasteiger partial charge in [0.15, 0.2) is 0 Å². The molecular weight excluding hydrogens is 568 g/mol. The van der Waals surface area contributed by atoms with E-state index in [0.717, 1.165) is 16.8 Å². The minimum atomic E-state index is 0. The van der Waals surface area contributed by atoms with E-state index in [1.54, 1.807) is 4.68 Å². The molecule has 0 aromatic carbocycles. The van der Waals surface area contributed by atoms with Gasteiger partial charge in [-0.05, 0) is 0 Å². The first kappa shape index (κ1) is 20.1. The van der Waals surface area contributed by atoms with Crippen molar-refractivity contribution in [3.8, 4) is 0 Å². The predicted octanol–water partition coefficient (Wildman–Crippen LogP) is 1.67. The summed E-state index contributed by atoms with van der Waals surface area (Å²) in [6, 6.07) is 0. The van der Waals surface area contributed by atoms with Crippen LogP contribution in [0.1, 0.15) is 22.5 Å². The van der Waals surface area contributed by atoms with Crippen LogP contribution >= 0.6 is 0 Å². The summed E-state index contributed by atoms with van der Waals surface area (Å²) in [5.41, 5.74) is 4.51. The number of nitrogens with zero attached hydrogens (tertiary/aromatic N) is 4. The molecule has 100 valence electrons. The Balaban J connectivity index is 0. The molecule has 4 nitrogen and oxygen atoms in total. The van der Waals surface area contributed by atoms with Crippen LogP contribution in [0, 0.1) is 40.1 Å². The van der Waals surface area contributed by atoms with Crippen LogP contribution in [-0.2, 0) is 56.2 Å². The van der Waals surface area contributed by atoms with Gasteiger partial charge in [0, 0.05) is 56.2 Å². The minimum absolute atomic E-state index is 0. The van der Waals surface area contributed by atoms with Crippen molar-refractivity contribution >= 4 is 0 Å². The van der Waals surface area contributed by atoms with Gasteiger partial charge in [-0.15, -0.1) is 18.1 Å². The van der Waals surface area contributed by atoms with Gasteiger partial charge < -0.3 is 14.5 Å². The molecule has 0 atom stereocenters. The topological polar surface area (TPSA) is 35.6 Å². The van der Waals surface area contributed by atoms with Crippen LogP contribution in [0.15, 0.2) is 0 Å². The summed E-state index contributed by atoms with van der Waals surface area (Å²) in [4.78, 5) is 0. The number of aryl methyl sites for hydroxylation is 5. The molecule has 0 radical (unpaired) electrons. The van der Waals surface area contributed by atoms with Crippen LogP contribution in [0.4, 0.5) is 0 Å². The zero-order chi connectivity index (χ0) is 12.3. The van der Waals surface area contributed by atoms with Gasteiger partial charge in [0.05, 0.1) is 0 Å². The van der Waals surface area contributed by atoms with Crippen LogP contribution in [0.25, 0.3) is 0 Å². The molecule has 0 N–H and O–H groups in total. The second kappa shape index (κ2) is 8.82. The third kappa shape index (κ3) is 5.62. The first-order chi connectivity index (χ1) is 7.41. The molecule has 0 bridgehead atoms. The van der Waals surface area contributed by atoms with E-state index in [1.165, 1.54) is 5.69 Å². The van der Waals surface area contributed by atoms with Gasteiger partial charge in [-0.2, -0.15) is 11.1 Å². The van der Waals surface area contributed by atoms with Gasteiger partial charge in [-0.3, -0.25) is 5.10 Å². The first-order valence-corrected chi connectivity index (χ1v) is 5.19. The second-order valence-electron chi connectivity index (χ2n) is 3.89. The Morgan fingerprint density at radius 3 is 1.61 bits per heavy atom. The van der Waals surface area contributed by atoms with E-state index in [9.17, 15) is 0 Å². The Bertz CT molecular complexity index is 435. The molecule has 2 aromatic heterocycles. The van der Waals surface area contributed by atoms with Gasteiger partial charge in [0.2, 0.25) is 0 Å². The molecule has 0 aliphatic carbocycles. The van der Waals surface area contributed by atoms with E-state index in [0.29, 0.717) is 0 Å².